The molecule has 1 atom stereocenters. The van der Waals surface area contributed by atoms with Crippen molar-refractivity contribution in [3.05, 3.63) is 35.9 Å². The van der Waals surface area contributed by atoms with Gasteiger partial charge in [-0.25, -0.2) is 0 Å². The second-order valence-electron chi connectivity index (χ2n) is 4.31. The van der Waals surface area contributed by atoms with Crippen molar-refractivity contribution in [3.63, 3.8) is 0 Å². The van der Waals surface area contributed by atoms with Crippen LogP contribution in [-0.2, 0) is 9.59 Å². The molecule has 0 aliphatic carbocycles. The number of benzene rings is 1. The minimum absolute atomic E-state index is 0.164. The van der Waals surface area contributed by atoms with Gasteiger partial charge in [0, 0.05) is 6.42 Å². The van der Waals surface area contributed by atoms with Crippen LogP contribution in [0.3, 0.4) is 0 Å². The Hall–Kier alpha value is -1.35. The number of hydrogen-bond acceptors (Lipinski definition) is 2. The first-order chi connectivity index (χ1) is 8.00. The first kappa shape index (κ1) is 13.7. The van der Waals surface area contributed by atoms with Crippen molar-refractivity contribution in [2.45, 2.75) is 26.3 Å². The maximum absolute atomic E-state index is 11.6. The Kier molecular flexibility index (Phi) is 5.16. The Morgan fingerprint density at radius 1 is 1.24 bits per heavy atom. The number of amides is 1. The van der Waals surface area contributed by atoms with Gasteiger partial charge in [0.25, 0.3) is 0 Å². The van der Waals surface area contributed by atoms with Gasteiger partial charge in [-0.2, -0.15) is 0 Å². The van der Waals surface area contributed by atoms with Crippen LogP contribution in [0.2, 0.25) is 0 Å². The summed E-state index contributed by atoms with van der Waals surface area (Å²) in [4.78, 5) is 22.9. The number of nitrogens with one attached hydrogen (secondary N) is 1. The molecule has 3 nitrogen and oxygen atoms in total. The lowest BCUT2D eigenvalue weighted by atomic mass is 10.1. The predicted octanol–water partition coefficient (Wildman–Crippen LogP) is 2.66. The van der Waals surface area contributed by atoms with Crippen LogP contribution < -0.4 is 5.32 Å². The quantitative estimate of drug-likeness (QED) is 0.820. The number of carbonyl (C=O) groups is 2. The Morgan fingerprint density at radius 3 is 2.29 bits per heavy atom. The normalized spacial score (nSPS) is 12.2. The summed E-state index contributed by atoms with van der Waals surface area (Å²) in [6.07, 6.45) is 0.382. The summed E-state index contributed by atoms with van der Waals surface area (Å²) in [7, 11) is 0. The maximum atomic E-state index is 11.6. The molecule has 1 amide bonds. The van der Waals surface area contributed by atoms with Crippen molar-refractivity contribution >= 4 is 22.8 Å². The van der Waals surface area contributed by atoms with E-state index in [-0.39, 0.29) is 11.8 Å². The molecule has 0 fully saturated rings. The second kappa shape index (κ2) is 6.40. The van der Waals surface area contributed by atoms with Crippen LogP contribution >= 0.6 is 11.6 Å². The van der Waals surface area contributed by atoms with Gasteiger partial charge < -0.3 is 5.32 Å². The van der Waals surface area contributed by atoms with E-state index in [1.54, 1.807) is 24.3 Å². The summed E-state index contributed by atoms with van der Waals surface area (Å²) in [6, 6.07) is 8.22. The minimum Gasteiger partial charge on any atom is -0.341 e. The van der Waals surface area contributed by atoms with E-state index in [1.807, 2.05) is 19.9 Å². The third-order valence-electron chi connectivity index (χ3n) is 2.26. The Bertz CT molecular complexity index is 390. The highest BCUT2D eigenvalue weighted by Gasteiger charge is 2.20. The van der Waals surface area contributed by atoms with Gasteiger partial charge in [0.15, 0.2) is 0 Å². The molecule has 4 heteroatoms. The van der Waals surface area contributed by atoms with E-state index in [2.05, 4.69) is 5.32 Å². The molecule has 0 saturated heterocycles. The van der Waals surface area contributed by atoms with Gasteiger partial charge in [-0.15, -0.1) is 0 Å². The van der Waals surface area contributed by atoms with Crippen molar-refractivity contribution in [1.29, 1.82) is 0 Å². The first-order valence-corrected chi connectivity index (χ1v) is 5.92. The average molecular weight is 254 g/mol. The zero-order valence-electron chi connectivity index (χ0n) is 9.94. The fourth-order valence-corrected chi connectivity index (χ4v) is 1.69. The van der Waals surface area contributed by atoms with Crippen LogP contribution in [-0.4, -0.2) is 11.1 Å². The molecule has 1 N–H and O–H groups in total. The fraction of sp³-hybridized carbons (Fsp3) is 0.385. The zero-order chi connectivity index (χ0) is 12.8. The summed E-state index contributed by atoms with van der Waals surface area (Å²) in [5.41, 5.74) is 0.699. The molecule has 0 aliphatic rings. The van der Waals surface area contributed by atoms with Crippen LogP contribution in [0.4, 0.5) is 0 Å². The van der Waals surface area contributed by atoms with Crippen LogP contribution in [0.25, 0.3) is 0 Å². The van der Waals surface area contributed by atoms with Crippen LogP contribution in [0, 0.1) is 5.92 Å². The molecule has 92 valence electrons. The van der Waals surface area contributed by atoms with E-state index in [4.69, 9.17) is 11.6 Å². The molecule has 0 heterocycles. The van der Waals surface area contributed by atoms with Gasteiger partial charge in [0.2, 0.25) is 11.1 Å². The monoisotopic (exact) mass is 253 g/mol. The molecule has 1 unspecified atom stereocenters. The standard InChI is InChI=1S/C13H16ClNO2/c1-9(2)8-11(16)15-12(13(14)17)10-6-4-3-5-7-10/h3-7,9,12H,8H2,1-2H3,(H,15,16). The number of halogens is 1. The fourth-order valence-electron chi connectivity index (χ4n) is 1.51. The van der Waals surface area contributed by atoms with E-state index in [0.29, 0.717) is 12.0 Å². The lowest BCUT2D eigenvalue weighted by Gasteiger charge is -2.15. The van der Waals surface area contributed by atoms with Gasteiger partial charge in [-0.1, -0.05) is 44.2 Å². The summed E-state index contributed by atoms with van der Waals surface area (Å²) >= 11 is 5.51. The molecule has 0 radical (unpaired) electrons. The highest BCUT2D eigenvalue weighted by molar-refractivity contribution is 6.64. The molecule has 1 aromatic carbocycles. The summed E-state index contributed by atoms with van der Waals surface area (Å²) in [5.74, 6) is 0.0831. The zero-order valence-corrected chi connectivity index (χ0v) is 10.7. The van der Waals surface area contributed by atoms with Crippen molar-refractivity contribution in [1.82, 2.24) is 5.32 Å². The molecule has 0 spiro atoms. The predicted molar refractivity (Wildman–Crippen MR) is 67.6 cm³/mol. The Labute approximate surface area is 106 Å². The molecule has 17 heavy (non-hydrogen) atoms. The molecule has 0 aliphatic heterocycles. The van der Waals surface area contributed by atoms with E-state index in [0.717, 1.165) is 0 Å². The van der Waals surface area contributed by atoms with Crippen molar-refractivity contribution in [2.24, 2.45) is 5.92 Å². The Morgan fingerprint density at radius 2 is 1.82 bits per heavy atom. The first-order valence-electron chi connectivity index (χ1n) is 5.54. The van der Waals surface area contributed by atoms with Crippen molar-refractivity contribution < 1.29 is 9.59 Å². The van der Waals surface area contributed by atoms with E-state index >= 15 is 0 Å². The number of rotatable bonds is 5. The van der Waals surface area contributed by atoms with Gasteiger partial charge in [0.05, 0.1) is 0 Å². The van der Waals surface area contributed by atoms with Gasteiger partial charge in [-0.3, -0.25) is 9.59 Å². The lowest BCUT2D eigenvalue weighted by molar-refractivity contribution is -0.125. The van der Waals surface area contributed by atoms with E-state index in [9.17, 15) is 9.59 Å². The lowest BCUT2D eigenvalue weighted by Crippen LogP contribution is -2.32. The SMILES string of the molecule is CC(C)CC(=O)NC(C(=O)Cl)c1ccccc1. The van der Waals surface area contributed by atoms with Gasteiger partial charge in [-0.05, 0) is 23.1 Å². The third kappa shape index (κ3) is 4.57. The highest BCUT2D eigenvalue weighted by atomic mass is 35.5. The molecular formula is C13H16ClNO2. The summed E-state index contributed by atoms with van der Waals surface area (Å²) in [6.45, 7) is 3.89. The topological polar surface area (TPSA) is 46.2 Å². The number of carbonyl (C=O) groups excluding carboxylic acids is 2. The molecule has 1 aromatic rings. The smallest absolute Gasteiger partial charge is 0.248 e. The molecule has 0 aromatic heterocycles. The number of hydrogen-bond donors (Lipinski definition) is 1. The molecule has 1 rings (SSSR count). The summed E-state index contributed by atoms with van der Waals surface area (Å²) < 4.78 is 0. The average Bonchev–Trinajstić information content (AvgIpc) is 2.25. The molecular weight excluding hydrogens is 238 g/mol. The second-order valence-corrected chi connectivity index (χ2v) is 4.69. The van der Waals surface area contributed by atoms with E-state index < -0.39 is 11.3 Å². The van der Waals surface area contributed by atoms with E-state index in [1.165, 1.54) is 0 Å². The third-order valence-corrected chi connectivity index (χ3v) is 2.48. The van der Waals surface area contributed by atoms with Crippen LogP contribution in [0.15, 0.2) is 30.3 Å². The maximum Gasteiger partial charge on any atom is 0.248 e. The highest BCUT2D eigenvalue weighted by Crippen LogP contribution is 2.16. The minimum atomic E-state index is -0.760. The molecule has 0 saturated carbocycles. The van der Waals surface area contributed by atoms with Crippen molar-refractivity contribution in [3.8, 4) is 0 Å². The Balaban J connectivity index is 2.75. The van der Waals surface area contributed by atoms with Gasteiger partial charge in [0.1, 0.15) is 6.04 Å². The van der Waals surface area contributed by atoms with Crippen LogP contribution in [0.5, 0.6) is 0 Å². The van der Waals surface area contributed by atoms with Crippen molar-refractivity contribution in [2.75, 3.05) is 0 Å². The van der Waals surface area contributed by atoms with Crippen LogP contribution in [0.1, 0.15) is 31.9 Å². The molecule has 0 bridgehead atoms. The van der Waals surface area contributed by atoms with Gasteiger partial charge >= 0.3 is 0 Å². The summed E-state index contributed by atoms with van der Waals surface area (Å²) in [5, 5.41) is 2.07. The largest absolute Gasteiger partial charge is 0.341 e.